The normalized spacial score (nSPS) is 23.6. The monoisotopic (exact) mass is 284 g/mol. The number of methoxy groups -OCH3 is 1. The lowest BCUT2D eigenvalue weighted by atomic mass is 9.98. The fraction of sp³-hybridized carbons (Fsp3) is 0.500. The predicted octanol–water partition coefficient (Wildman–Crippen LogP) is 1.17. The number of hydrogen-bond acceptors (Lipinski definition) is 3. The van der Waals surface area contributed by atoms with Crippen LogP contribution in [0.4, 0.5) is 8.78 Å². The van der Waals surface area contributed by atoms with Gasteiger partial charge in [0.05, 0.1) is 18.1 Å². The van der Waals surface area contributed by atoms with E-state index in [9.17, 15) is 13.6 Å². The molecular weight excluding hydrogens is 266 g/mol. The zero-order chi connectivity index (χ0) is 14.7. The van der Waals surface area contributed by atoms with E-state index >= 15 is 0 Å². The highest BCUT2D eigenvalue weighted by Crippen LogP contribution is 2.22. The van der Waals surface area contributed by atoms with E-state index in [1.807, 2.05) is 0 Å². The van der Waals surface area contributed by atoms with Gasteiger partial charge in [-0.1, -0.05) is 6.07 Å². The zero-order valence-electron chi connectivity index (χ0n) is 11.5. The van der Waals surface area contributed by atoms with Gasteiger partial charge in [0.25, 0.3) is 0 Å². The lowest BCUT2D eigenvalue weighted by Crippen LogP contribution is -2.45. The maximum Gasteiger partial charge on any atom is 0.227 e. The molecule has 1 aromatic rings. The molecule has 0 bridgehead atoms. The van der Waals surface area contributed by atoms with Gasteiger partial charge in [-0.2, -0.15) is 0 Å². The van der Waals surface area contributed by atoms with Crippen molar-refractivity contribution in [2.75, 3.05) is 20.2 Å². The van der Waals surface area contributed by atoms with E-state index in [4.69, 9.17) is 4.74 Å². The average molecular weight is 284 g/mol. The molecular formula is C14H18F2N2O2. The molecule has 0 radical (unpaired) electrons. The summed E-state index contributed by atoms with van der Waals surface area (Å²) in [5, 5.41) is 5.87. The van der Waals surface area contributed by atoms with Gasteiger partial charge >= 0.3 is 0 Å². The summed E-state index contributed by atoms with van der Waals surface area (Å²) in [4.78, 5) is 12.1. The van der Waals surface area contributed by atoms with Gasteiger partial charge in [-0.05, 0) is 19.1 Å². The van der Waals surface area contributed by atoms with Gasteiger partial charge in [0.1, 0.15) is 11.6 Å². The lowest BCUT2D eigenvalue weighted by molar-refractivity contribution is -0.123. The predicted molar refractivity (Wildman–Crippen MR) is 70.4 cm³/mol. The van der Waals surface area contributed by atoms with Gasteiger partial charge in [0, 0.05) is 25.8 Å². The van der Waals surface area contributed by atoms with Crippen molar-refractivity contribution < 1.29 is 18.3 Å². The first kappa shape index (κ1) is 14.9. The Morgan fingerprint density at radius 3 is 2.65 bits per heavy atom. The molecule has 0 aliphatic carbocycles. The molecule has 6 heteroatoms. The molecule has 1 aromatic carbocycles. The smallest absolute Gasteiger partial charge is 0.227 e. The molecule has 0 aromatic heterocycles. The van der Waals surface area contributed by atoms with Crippen LogP contribution in [-0.2, 0) is 9.53 Å². The molecule has 3 unspecified atom stereocenters. The zero-order valence-corrected chi connectivity index (χ0v) is 11.5. The Balaban J connectivity index is 2.09. The number of carbonyl (C=O) groups is 1. The van der Waals surface area contributed by atoms with Crippen molar-refractivity contribution in [3.63, 3.8) is 0 Å². The molecule has 1 fully saturated rings. The van der Waals surface area contributed by atoms with Crippen LogP contribution in [0.1, 0.15) is 18.4 Å². The SMILES string of the molecule is COC1CNCC1NC(=O)C(C)c1c(F)cccc1F. The third kappa shape index (κ3) is 2.96. The maximum atomic E-state index is 13.7. The van der Waals surface area contributed by atoms with Crippen LogP contribution in [0.5, 0.6) is 0 Å². The van der Waals surface area contributed by atoms with Crippen molar-refractivity contribution in [2.24, 2.45) is 0 Å². The number of amides is 1. The summed E-state index contributed by atoms with van der Waals surface area (Å²) >= 11 is 0. The molecule has 20 heavy (non-hydrogen) atoms. The second-order valence-electron chi connectivity index (χ2n) is 4.90. The highest BCUT2D eigenvalue weighted by atomic mass is 19.1. The van der Waals surface area contributed by atoms with E-state index in [-0.39, 0.29) is 17.7 Å². The molecule has 1 aliphatic heterocycles. The number of ether oxygens (including phenoxy) is 1. The van der Waals surface area contributed by atoms with Crippen LogP contribution in [0.25, 0.3) is 0 Å². The van der Waals surface area contributed by atoms with Crippen molar-refractivity contribution in [2.45, 2.75) is 25.0 Å². The molecule has 4 nitrogen and oxygen atoms in total. The first-order valence-corrected chi connectivity index (χ1v) is 6.52. The minimum absolute atomic E-state index is 0.128. The Labute approximate surface area is 116 Å². The van der Waals surface area contributed by atoms with Crippen molar-refractivity contribution >= 4 is 5.91 Å². The third-order valence-electron chi connectivity index (χ3n) is 3.61. The van der Waals surface area contributed by atoms with Crippen LogP contribution in [0, 0.1) is 11.6 Å². The van der Waals surface area contributed by atoms with Gasteiger partial charge in [0.15, 0.2) is 0 Å². The highest BCUT2D eigenvalue weighted by Gasteiger charge is 2.31. The Kier molecular flexibility index (Phi) is 4.67. The summed E-state index contributed by atoms with van der Waals surface area (Å²) in [5.74, 6) is -2.72. The molecule has 2 rings (SSSR count). The van der Waals surface area contributed by atoms with Crippen LogP contribution < -0.4 is 10.6 Å². The summed E-state index contributed by atoms with van der Waals surface area (Å²) in [6.07, 6.45) is -0.128. The minimum Gasteiger partial charge on any atom is -0.378 e. The summed E-state index contributed by atoms with van der Waals surface area (Å²) in [7, 11) is 1.57. The van der Waals surface area contributed by atoms with E-state index in [0.717, 1.165) is 12.1 Å². The number of nitrogens with one attached hydrogen (secondary N) is 2. The quantitative estimate of drug-likeness (QED) is 0.872. The largest absolute Gasteiger partial charge is 0.378 e. The van der Waals surface area contributed by atoms with Crippen molar-refractivity contribution in [1.82, 2.24) is 10.6 Å². The van der Waals surface area contributed by atoms with Crippen LogP contribution >= 0.6 is 0 Å². The van der Waals surface area contributed by atoms with Crippen molar-refractivity contribution in [3.8, 4) is 0 Å². The highest BCUT2D eigenvalue weighted by molar-refractivity contribution is 5.83. The maximum absolute atomic E-state index is 13.7. The first-order valence-electron chi connectivity index (χ1n) is 6.52. The molecule has 1 amide bonds. The molecule has 1 saturated heterocycles. The van der Waals surface area contributed by atoms with E-state index in [2.05, 4.69) is 10.6 Å². The number of carbonyl (C=O) groups excluding carboxylic acids is 1. The number of rotatable bonds is 4. The Hall–Kier alpha value is -1.53. The van der Waals surface area contributed by atoms with Crippen LogP contribution in [0.3, 0.4) is 0 Å². The van der Waals surface area contributed by atoms with E-state index in [0.29, 0.717) is 13.1 Å². The second kappa shape index (κ2) is 6.28. The second-order valence-corrected chi connectivity index (χ2v) is 4.90. The van der Waals surface area contributed by atoms with E-state index < -0.39 is 23.5 Å². The summed E-state index contributed by atoms with van der Waals surface area (Å²) in [5.41, 5.74) is -0.204. The van der Waals surface area contributed by atoms with Gasteiger partial charge in [0.2, 0.25) is 5.91 Å². The van der Waals surface area contributed by atoms with Gasteiger partial charge in [-0.3, -0.25) is 4.79 Å². The molecule has 2 N–H and O–H groups in total. The summed E-state index contributed by atoms with van der Waals surface area (Å²) in [6, 6.07) is 3.39. The standard InChI is InChI=1S/C14H18F2N2O2/c1-8(13-9(15)4-3-5-10(13)16)14(19)18-11-6-17-7-12(11)20-2/h3-5,8,11-12,17H,6-7H2,1-2H3,(H,18,19). The summed E-state index contributed by atoms with van der Waals surface area (Å²) in [6.45, 7) is 2.71. The van der Waals surface area contributed by atoms with E-state index in [1.165, 1.54) is 13.0 Å². The Bertz CT molecular complexity index is 476. The molecule has 110 valence electrons. The number of hydrogen-bond donors (Lipinski definition) is 2. The van der Waals surface area contributed by atoms with Gasteiger partial charge < -0.3 is 15.4 Å². The Morgan fingerprint density at radius 2 is 2.05 bits per heavy atom. The molecule has 1 aliphatic rings. The average Bonchev–Trinajstić information content (AvgIpc) is 2.85. The van der Waals surface area contributed by atoms with Crippen LogP contribution in [0.15, 0.2) is 18.2 Å². The van der Waals surface area contributed by atoms with Crippen molar-refractivity contribution in [1.29, 1.82) is 0 Å². The number of benzene rings is 1. The fourth-order valence-electron chi connectivity index (χ4n) is 2.41. The fourth-order valence-corrected chi connectivity index (χ4v) is 2.41. The number of halogens is 2. The van der Waals surface area contributed by atoms with E-state index in [1.54, 1.807) is 7.11 Å². The molecule has 0 spiro atoms. The minimum atomic E-state index is -0.894. The topological polar surface area (TPSA) is 50.4 Å². The Morgan fingerprint density at radius 1 is 1.40 bits per heavy atom. The third-order valence-corrected chi connectivity index (χ3v) is 3.61. The summed E-state index contributed by atoms with van der Waals surface area (Å²) < 4.78 is 32.6. The van der Waals surface area contributed by atoms with Gasteiger partial charge in [-0.15, -0.1) is 0 Å². The lowest BCUT2D eigenvalue weighted by Gasteiger charge is -2.21. The van der Waals surface area contributed by atoms with Crippen molar-refractivity contribution in [3.05, 3.63) is 35.4 Å². The first-order chi connectivity index (χ1) is 9.54. The van der Waals surface area contributed by atoms with Crippen LogP contribution in [-0.4, -0.2) is 38.3 Å². The van der Waals surface area contributed by atoms with Gasteiger partial charge in [-0.25, -0.2) is 8.78 Å². The molecule has 1 heterocycles. The molecule has 0 saturated carbocycles. The van der Waals surface area contributed by atoms with Crippen LogP contribution in [0.2, 0.25) is 0 Å². The molecule has 3 atom stereocenters.